The van der Waals surface area contributed by atoms with E-state index in [9.17, 15) is 14.9 Å². The molecule has 1 aliphatic heterocycles. The fraction of sp³-hybridized carbons (Fsp3) is 0.320. The highest BCUT2D eigenvalue weighted by Gasteiger charge is 2.28. The third-order valence-corrected chi connectivity index (χ3v) is 6.75. The van der Waals surface area contributed by atoms with E-state index >= 15 is 0 Å². The van der Waals surface area contributed by atoms with Gasteiger partial charge in [-0.05, 0) is 36.6 Å². The Kier molecular flexibility index (Phi) is 6.68. The van der Waals surface area contributed by atoms with E-state index in [1.807, 2.05) is 31.7 Å². The number of carbonyl (C=O) groups is 1. The first-order chi connectivity index (χ1) is 16.7. The van der Waals surface area contributed by atoms with Crippen LogP contribution in [0.25, 0.3) is 16.7 Å². The predicted molar refractivity (Wildman–Crippen MR) is 141 cm³/mol. The number of nitrogens with zero attached hydrogens (tertiary/aromatic N) is 6. The summed E-state index contributed by atoms with van der Waals surface area (Å²) < 4.78 is 1.51. The van der Waals surface area contributed by atoms with Gasteiger partial charge >= 0.3 is 0 Å². The first-order valence-corrected chi connectivity index (χ1v) is 11.9. The number of aromatic nitrogens is 3. The molecule has 8 nitrogen and oxygen atoms in total. The lowest BCUT2D eigenvalue weighted by Gasteiger charge is -2.36. The maximum Gasteiger partial charge on any atom is 0.276 e. The zero-order chi connectivity index (χ0) is 25.4. The molecule has 0 bridgehead atoms. The molecule has 0 radical (unpaired) electrons. The molecule has 1 amide bonds. The second-order valence-corrected chi connectivity index (χ2v) is 9.34. The number of hydrogen-bond acceptors (Lipinski definition) is 6. The maximum atomic E-state index is 14.0. The Balaban J connectivity index is 2.04. The minimum absolute atomic E-state index is 0.0145. The van der Waals surface area contributed by atoms with Crippen LogP contribution in [0, 0.1) is 18.3 Å². The van der Waals surface area contributed by atoms with Gasteiger partial charge in [0.05, 0.1) is 22.1 Å². The second kappa shape index (κ2) is 9.55. The van der Waals surface area contributed by atoms with Gasteiger partial charge in [0.2, 0.25) is 5.91 Å². The largest absolute Gasteiger partial charge is 0.366 e. The van der Waals surface area contributed by atoms with Crippen LogP contribution in [0.15, 0.2) is 35.8 Å². The molecule has 35 heavy (non-hydrogen) atoms. The van der Waals surface area contributed by atoms with Gasteiger partial charge in [0.15, 0.2) is 7.85 Å². The SMILES string of the molecule is Bc1nc2c(cc1Cl)c(N1CCN(C(=O)C=C)CC1)c(C#N)c(=O)n2-c1c(C)ccnc1C(C)C. The predicted octanol–water partition coefficient (Wildman–Crippen LogP) is 1.83. The van der Waals surface area contributed by atoms with Gasteiger partial charge in [0, 0.05) is 43.4 Å². The molecule has 4 heterocycles. The van der Waals surface area contributed by atoms with Crippen LogP contribution in [-0.2, 0) is 4.79 Å². The van der Waals surface area contributed by atoms with Gasteiger partial charge in [0.25, 0.3) is 5.56 Å². The molecule has 3 aromatic heterocycles. The van der Waals surface area contributed by atoms with Gasteiger partial charge in [-0.3, -0.25) is 19.1 Å². The first-order valence-electron chi connectivity index (χ1n) is 11.5. The van der Waals surface area contributed by atoms with E-state index in [2.05, 4.69) is 17.6 Å². The van der Waals surface area contributed by atoms with Crippen LogP contribution in [0.5, 0.6) is 0 Å². The molecule has 1 aliphatic rings. The Morgan fingerprint density at radius 1 is 1.29 bits per heavy atom. The molecular weight excluding hydrogens is 463 g/mol. The summed E-state index contributed by atoms with van der Waals surface area (Å²) in [6, 6.07) is 5.76. The van der Waals surface area contributed by atoms with E-state index in [0.29, 0.717) is 59.2 Å². The summed E-state index contributed by atoms with van der Waals surface area (Å²) in [5.41, 5.74) is 3.30. The Hall–Kier alpha value is -3.64. The van der Waals surface area contributed by atoms with Crippen LogP contribution in [0.3, 0.4) is 0 Å². The number of halogens is 1. The fourth-order valence-electron chi connectivity index (χ4n) is 4.56. The van der Waals surface area contributed by atoms with Crippen LogP contribution in [0.1, 0.15) is 36.6 Å². The van der Waals surface area contributed by atoms with Crippen molar-refractivity contribution >= 4 is 47.7 Å². The van der Waals surface area contributed by atoms with Crippen LogP contribution in [0.4, 0.5) is 5.69 Å². The summed E-state index contributed by atoms with van der Waals surface area (Å²) in [6.07, 6.45) is 3.02. The number of aryl methyl sites for hydroxylation is 1. The van der Waals surface area contributed by atoms with Gasteiger partial charge in [-0.2, -0.15) is 5.26 Å². The highest BCUT2D eigenvalue weighted by molar-refractivity contribution is 6.44. The van der Waals surface area contributed by atoms with Crippen LogP contribution < -0.4 is 16.1 Å². The summed E-state index contributed by atoms with van der Waals surface area (Å²) in [7, 11) is 1.79. The molecule has 0 spiro atoms. The summed E-state index contributed by atoms with van der Waals surface area (Å²) in [6.45, 7) is 11.3. The molecular formula is C25H26BClN6O2. The lowest BCUT2D eigenvalue weighted by atomic mass is 10.0. The number of pyridine rings is 3. The van der Waals surface area contributed by atoms with E-state index in [-0.39, 0.29) is 17.4 Å². The van der Waals surface area contributed by atoms with Crippen molar-refractivity contribution in [2.45, 2.75) is 26.7 Å². The monoisotopic (exact) mass is 488 g/mol. The Bertz CT molecular complexity index is 1450. The van der Waals surface area contributed by atoms with Gasteiger partial charge in [-0.25, -0.2) is 4.98 Å². The van der Waals surface area contributed by atoms with Gasteiger partial charge in [0.1, 0.15) is 17.3 Å². The lowest BCUT2D eigenvalue weighted by molar-refractivity contribution is -0.126. The smallest absolute Gasteiger partial charge is 0.276 e. The van der Waals surface area contributed by atoms with Crippen LogP contribution >= 0.6 is 11.6 Å². The summed E-state index contributed by atoms with van der Waals surface area (Å²) in [4.78, 5) is 39.0. The molecule has 0 saturated carbocycles. The van der Waals surface area contributed by atoms with E-state index in [4.69, 9.17) is 16.6 Å². The maximum absolute atomic E-state index is 14.0. The standard InChI is InChI=1S/C25H26BClN6O2/c1-5-19(34)31-8-10-32(11-9-31)22-16-12-18(27)23(26)30-24(16)33(25(35)17(22)13-28)21-15(4)6-7-29-20(21)14(2)3/h5-7,12,14H,1,8-11,26H2,2-4H3. The van der Waals surface area contributed by atoms with E-state index in [1.54, 1.807) is 25.0 Å². The fourth-order valence-corrected chi connectivity index (χ4v) is 4.71. The molecule has 1 fully saturated rings. The van der Waals surface area contributed by atoms with Crippen molar-refractivity contribution in [3.8, 4) is 11.8 Å². The quantitative estimate of drug-likeness (QED) is 0.411. The summed E-state index contributed by atoms with van der Waals surface area (Å²) >= 11 is 6.50. The molecule has 0 unspecified atom stereocenters. The van der Waals surface area contributed by atoms with Crippen molar-refractivity contribution in [1.29, 1.82) is 5.26 Å². The highest BCUT2D eigenvalue weighted by atomic mass is 35.5. The van der Waals surface area contributed by atoms with Crippen molar-refractivity contribution in [1.82, 2.24) is 19.4 Å². The van der Waals surface area contributed by atoms with Crippen LogP contribution in [-0.4, -0.2) is 59.4 Å². The van der Waals surface area contributed by atoms with Crippen LogP contribution in [0.2, 0.25) is 5.02 Å². The Labute approximate surface area is 209 Å². The highest BCUT2D eigenvalue weighted by Crippen LogP contribution is 2.33. The number of nitriles is 1. The Morgan fingerprint density at radius 2 is 1.97 bits per heavy atom. The van der Waals surface area contributed by atoms with Crippen molar-refractivity contribution in [2.24, 2.45) is 0 Å². The zero-order valence-corrected chi connectivity index (χ0v) is 21.1. The molecule has 4 rings (SSSR count). The number of fused-ring (bicyclic) bond motifs is 1. The molecule has 0 atom stereocenters. The van der Waals surface area contributed by atoms with E-state index < -0.39 is 5.56 Å². The van der Waals surface area contributed by atoms with Gasteiger partial charge < -0.3 is 9.80 Å². The number of carbonyl (C=O) groups excluding carboxylic acids is 1. The number of anilines is 1. The molecule has 3 aromatic rings. The number of hydrogen-bond donors (Lipinski definition) is 0. The normalized spacial score (nSPS) is 13.8. The van der Waals surface area contributed by atoms with Crippen molar-refractivity contribution < 1.29 is 4.79 Å². The van der Waals surface area contributed by atoms with E-state index in [0.717, 1.165) is 11.3 Å². The molecule has 1 saturated heterocycles. The average Bonchev–Trinajstić information content (AvgIpc) is 2.84. The number of rotatable bonds is 4. The Morgan fingerprint density at radius 3 is 2.57 bits per heavy atom. The zero-order valence-electron chi connectivity index (χ0n) is 20.3. The lowest BCUT2D eigenvalue weighted by Crippen LogP contribution is -2.49. The first kappa shape index (κ1) is 24.5. The third-order valence-electron chi connectivity index (χ3n) is 6.37. The second-order valence-electron chi connectivity index (χ2n) is 8.94. The van der Waals surface area contributed by atoms with Gasteiger partial charge in [-0.15, -0.1) is 0 Å². The molecule has 0 N–H and O–H groups in total. The van der Waals surface area contributed by atoms with Crippen molar-refractivity contribution in [2.75, 3.05) is 31.1 Å². The minimum Gasteiger partial charge on any atom is -0.366 e. The van der Waals surface area contributed by atoms with Crippen molar-refractivity contribution in [3.05, 3.63) is 63.2 Å². The summed E-state index contributed by atoms with van der Waals surface area (Å²) in [5.74, 6) is -0.0973. The average molecular weight is 489 g/mol. The van der Waals surface area contributed by atoms with E-state index in [1.165, 1.54) is 10.6 Å². The minimum atomic E-state index is -0.452. The number of amides is 1. The van der Waals surface area contributed by atoms with Gasteiger partial charge in [-0.1, -0.05) is 32.0 Å². The third kappa shape index (κ3) is 4.19. The molecule has 0 aromatic carbocycles. The molecule has 178 valence electrons. The topological polar surface area (TPSA) is 95.1 Å². The molecule has 10 heteroatoms. The molecule has 0 aliphatic carbocycles. The summed E-state index contributed by atoms with van der Waals surface area (Å²) in [5, 5.41) is 11.2. The van der Waals surface area contributed by atoms with Crippen molar-refractivity contribution in [3.63, 3.8) is 0 Å². The number of piperazine rings is 1.